The van der Waals surface area contributed by atoms with Crippen LogP contribution in [0.3, 0.4) is 0 Å². The summed E-state index contributed by atoms with van der Waals surface area (Å²) >= 11 is 0. The highest BCUT2D eigenvalue weighted by atomic mass is 32.2. The first-order valence-corrected chi connectivity index (χ1v) is 8.73. The van der Waals surface area contributed by atoms with Gasteiger partial charge in [0.05, 0.1) is 22.5 Å². The Labute approximate surface area is 149 Å². The maximum absolute atomic E-state index is 12.1. The molecule has 0 unspecified atom stereocenters. The first-order chi connectivity index (χ1) is 12.3. The van der Waals surface area contributed by atoms with E-state index in [2.05, 4.69) is 4.84 Å². The Morgan fingerprint density at radius 2 is 1.69 bits per heavy atom. The van der Waals surface area contributed by atoms with Crippen molar-refractivity contribution in [3.63, 3.8) is 0 Å². The Morgan fingerprint density at radius 3 is 2.19 bits per heavy atom. The molecule has 0 bridgehead atoms. The van der Waals surface area contributed by atoms with Crippen LogP contribution in [0.2, 0.25) is 0 Å². The minimum Gasteiger partial charge on any atom is -0.457 e. The number of sulfonamides is 1. The van der Waals surface area contributed by atoms with Crippen LogP contribution in [0.25, 0.3) is 0 Å². The van der Waals surface area contributed by atoms with Gasteiger partial charge in [-0.1, -0.05) is 4.47 Å². The van der Waals surface area contributed by atoms with Gasteiger partial charge in [-0.3, -0.25) is 15.0 Å². The van der Waals surface area contributed by atoms with Crippen LogP contribution in [-0.2, 0) is 26.2 Å². The van der Waals surface area contributed by atoms with Gasteiger partial charge in [-0.25, -0.2) is 13.2 Å². The Morgan fingerprint density at radius 1 is 1.12 bits per heavy atom. The summed E-state index contributed by atoms with van der Waals surface area (Å²) in [4.78, 5) is 26.7. The van der Waals surface area contributed by atoms with E-state index >= 15 is 0 Å². The molecule has 2 aromatic carbocycles. The monoisotopic (exact) mass is 380 g/mol. The standard InChI is InChI=1S/C16H16N2O7S/c1-17(24-2)26(22,23)15-9-5-13(6-10-15)16(19)25-11-12-3-7-14(8-4-12)18(20)21/h3-10H,11H2,1-2H3. The fraction of sp³-hybridized carbons (Fsp3) is 0.188. The second-order valence-electron chi connectivity index (χ2n) is 5.12. The number of carbonyl (C=O) groups excluding carboxylic acids is 1. The minimum atomic E-state index is -3.79. The number of ether oxygens (including phenoxy) is 1. The van der Waals surface area contributed by atoms with Crippen LogP contribution in [0.1, 0.15) is 15.9 Å². The summed E-state index contributed by atoms with van der Waals surface area (Å²) in [5.74, 6) is -0.646. The van der Waals surface area contributed by atoms with E-state index in [4.69, 9.17) is 4.74 Å². The molecule has 9 nitrogen and oxygen atoms in total. The third kappa shape index (κ3) is 4.42. The van der Waals surface area contributed by atoms with E-state index in [1.807, 2.05) is 0 Å². The number of rotatable bonds is 7. The molecule has 0 radical (unpaired) electrons. The number of nitrogens with zero attached hydrogens (tertiary/aromatic N) is 2. The number of nitro benzene ring substituents is 1. The number of non-ortho nitro benzene ring substituents is 1. The normalized spacial score (nSPS) is 11.3. The van der Waals surface area contributed by atoms with E-state index in [0.29, 0.717) is 10.0 Å². The van der Waals surface area contributed by atoms with Crippen molar-refractivity contribution in [2.75, 3.05) is 14.2 Å². The van der Waals surface area contributed by atoms with Crippen molar-refractivity contribution in [3.8, 4) is 0 Å². The van der Waals surface area contributed by atoms with E-state index in [1.165, 1.54) is 62.7 Å². The molecule has 2 aromatic rings. The first kappa shape index (κ1) is 19.5. The fourth-order valence-electron chi connectivity index (χ4n) is 1.96. The molecule has 0 fully saturated rings. The molecule has 26 heavy (non-hydrogen) atoms. The van der Waals surface area contributed by atoms with Crippen molar-refractivity contribution >= 4 is 21.7 Å². The lowest BCUT2D eigenvalue weighted by Crippen LogP contribution is -2.25. The van der Waals surface area contributed by atoms with Crippen LogP contribution in [0.15, 0.2) is 53.4 Å². The van der Waals surface area contributed by atoms with Crippen LogP contribution in [-0.4, -0.2) is 37.9 Å². The van der Waals surface area contributed by atoms with Gasteiger partial charge in [-0.15, -0.1) is 0 Å². The van der Waals surface area contributed by atoms with Crippen molar-refractivity contribution in [1.29, 1.82) is 0 Å². The fourth-order valence-corrected chi connectivity index (χ4v) is 2.93. The van der Waals surface area contributed by atoms with E-state index < -0.39 is 20.9 Å². The second kappa shape index (κ2) is 8.04. The number of carbonyl (C=O) groups is 1. The number of hydroxylamine groups is 1. The van der Waals surface area contributed by atoms with Crippen LogP contribution in [0.5, 0.6) is 0 Å². The highest BCUT2D eigenvalue weighted by Gasteiger charge is 2.21. The van der Waals surface area contributed by atoms with E-state index in [0.717, 1.165) is 0 Å². The van der Waals surface area contributed by atoms with Crippen LogP contribution in [0, 0.1) is 10.1 Å². The summed E-state index contributed by atoms with van der Waals surface area (Å²) in [6.07, 6.45) is 0. The average Bonchev–Trinajstić information content (AvgIpc) is 2.65. The molecule has 0 amide bonds. The molecule has 0 aliphatic rings. The van der Waals surface area contributed by atoms with Gasteiger partial charge in [0.2, 0.25) is 0 Å². The van der Waals surface area contributed by atoms with Crippen molar-refractivity contribution in [2.24, 2.45) is 0 Å². The molecule has 0 spiro atoms. The minimum absolute atomic E-state index is 0.0335. The van der Waals surface area contributed by atoms with Gasteiger partial charge in [-0.2, -0.15) is 0 Å². The maximum atomic E-state index is 12.1. The molecule has 0 saturated carbocycles. The number of benzene rings is 2. The third-order valence-corrected chi connectivity index (χ3v) is 5.19. The molecule has 2 rings (SSSR count). The zero-order chi connectivity index (χ0) is 19.3. The average molecular weight is 380 g/mol. The molecular weight excluding hydrogens is 364 g/mol. The molecule has 0 aliphatic carbocycles. The van der Waals surface area contributed by atoms with Gasteiger partial charge in [0.1, 0.15) is 6.61 Å². The summed E-state index contributed by atoms with van der Waals surface area (Å²) in [6.45, 7) is -0.0662. The van der Waals surface area contributed by atoms with Crippen molar-refractivity contribution < 1.29 is 27.7 Å². The van der Waals surface area contributed by atoms with Crippen molar-refractivity contribution in [2.45, 2.75) is 11.5 Å². The largest absolute Gasteiger partial charge is 0.457 e. The predicted molar refractivity (Wildman–Crippen MR) is 90.6 cm³/mol. The molecule has 0 aliphatic heterocycles. The maximum Gasteiger partial charge on any atom is 0.338 e. The summed E-state index contributed by atoms with van der Waals surface area (Å²) in [6, 6.07) is 10.8. The zero-order valence-electron chi connectivity index (χ0n) is 14.0. The molecule has 10 heteroatoms. The lowest BCUT2D eigenvalue weighted by molar-refractivity contribution is -0.384. The van der Waals surface area contributed by atoms with E-state index in [1.54, 1.807) is 0 Å². The SMILES string of the molecule is CON(C)S(=O)(=O)c1ccc(C(=O)OCc2ccc([N+](=O)[O-])cc2)cc1. The highest BCUT2D eigenvalue weighted by Crippen LogP contribution is 2.17. The number of hydrogen-bond acceptors (Lipinski definition) is 7. The number of esters is 1. The molecule has 0 atom stereocenters. The van der Waals surface area contributed by atoms with Crippen molar-refractivity contribution in [1.82, 2.24) is 4.47 Å². The van der Waals surface area contributed by atoms with Gasteiger partial charge in [0, 0.05) is 19.2 Å². The zero-order valence-corrected chi connectivity index (χ0v) is 14.8. The highest BCUT2D eigenvalue weighted by molar-refractivity contribution is 7.89. The van der Waals surface area contributed by atoms with Gasteiger partial charge in [-0.05, 0) is 42.0 Å². The first-order valence-electron chi connectivity index (χ1n) is 7.29. The van der Waals surface area contributed by atoms with Crippen LogP contribution < -0.4 is 0 Å². The molecule has 0 aromatic heterocycles. The second-order valence-corrected chi connectivity index (χ2v) is 7.06. The molecular formula is C16H16N2O7S. The summed E-state index contributed by atoms with van der Waals surface area (Å²) in [7, 11) is -1.32. The Bertz CT molecular complexity index is 893. The Hall–Kier alpha value is -2.82. The third-order valence-electron chi connectivity index (χ3n) is 3.50. The number of nitro groups is 1. The topological polar surface area (TPSA) is 116 Å². The van der Waals surface area contributed by atoms with E-state index in [-0.39, 0.29) is 22.8 Å². The molecule has 0 N–H and O–H groups in total. The summed E-state index contributed by atoms with van der Waals surface area (Å²) in [5, 5.41) is 10.6. The van der Waals surface area contributed by atoms with E-state index in [9.17, 15) is 23.3 Å². The summed E-state index contributed by atoms with van der Waals surface area (Å²) in [5.41, 5.74) is 0.703. The van der Waals surface area contributed by atoms with Gasteiger partial charge >= 0.3 is 5.97 Å². The quantitative estimate of drug-likeness (QED) is 0.410. The molecule has 138 valence electrons. The predicted octanol–water partition coefficient (Wildman–Crippen LogP) is 2.13. The van der Waals surface area contributed by atoms with Crippen LogP contribution in [0.4, 0.5) is 5.69 Å². The Kier molecular flexibility index (Phi) is 6.03. The number of hydrogen-bond donors (Lipinski definition) is 0. The lowest BCUT2D eigenvalue weighted by Gasteiger charge is -2.14. The molecule has 0 heterocycles. The lowest BCUT2D eigenvalue weighted by atomic mass is 10.2. The van der Waals surface area contributed by atoms with Crippen molar-refractivity contribution in [3.05, 3.63) is 69.8 Å². The van der Waals surface area contributed by atoms with Gasteiger partial charge < -0.3 is 4.74 Å². The van der Waals surface area contributed by atoms with Crippen LogP contribution >= 0.6 is 0 Å². The Balaban J connectivity index is 2.03. The van der Waals surface area contributed by atoms with Gasteiger partial charge in [0.15, 0.2) is 0 Å². The molecule has 0 saturated heterocycles. The summed E-state index contributed by atoms with van der Waals surface area (Å²) < 4.78 is 30.0. The smallest absolute Gasteiger partial charge is 0.338 e. The van der Waals surface area contributed by atoms with Gasteiger partial charge in [0.25, 0.3) is 15.7 Å².